The minimum atomic E-state index is -3.68. The summed E-state index contributed by atoms with van der Waals surface area (Å²) in [5.41, 5.74) is 2.39. The Hall–Kier alpha value is -3.72. The van der Waals surface area contributed by atoms with Crippen LogP contribution in [-0.2, 0) is 10.0 Å². The van der Waals surface area contributed by atoms with Crippen molar-refractivity contribution in [3.63, 3.8) is 0 Å². The Labute approximate surface area is 180 Å². The fourth-order valence-corrected chi connectivity index (χ4v) is 4.05. The van der Waals surface area contributed by atoms with Crippen molar-refractivity contribution in [1.29, 1.82) is 0 Å². The Morgan fingerprint density at radius 2 is 1.71 bits per heavy atom. The monoisotopic (exact) mass is 435 g/mol. The average Bonchev–Trinajstić information content (AvgIpc) is 3.26. The van der Waals surface area contributed by atoms with Crippen molar-refractivity contribution in [3.05, 3.63) is 83.9 Å². The van der Waals surface area contributed by atoms with Gasteiger partial charge in [0.05, 0.1) is 4.90 Å². The molecule has 4 aromatic rings. The third kappa shape index (κ3) is 4.72. The third-order valence-electron chi connectivity index (χ3n) is 4.66. The lowest BCUT2D eigenvalue weighted by Gasteiger charge is -2.11. The van der Waals surface area contributed by atoms with Gasteiger partial charge in [0, 0.05) is 24.1 Å². The molecule has 158 valence electrons. The van der Waals surface area contributed by atoms with Gasteiger partial charge in [0.2, 0.25) is 5.88 Å². The van der Waals surface area contributed by atoms with Crippen molar-refractivity contribution in [2.45, 2.75) is 25.7 Å². The van der Waals surface area contributed by atoms with Gasteiger partial charge in [0.15, 0.2) is 5.82 Å². The molecule has 2 aromatic heterocycles. The fourth-order valence-electron chi connectivity index (χ4n) is 2.91. The average molecular weight is 436 g/mol. The van der Waals surface area contributed by atoms with E-state index in [1.165, 1.54) is 0 Å². The largest absolute Gasteiger partial charge is 0.439 e. The van der Waals surface area contributed by atoms with Gasteiger partial charge in [-0.1, -0.05) is 6.07 Å². The number of rotatable bonds is 6. The van der Waals surface area contributed by atoms with Gasteiger partial charge in [-0.15, -0.1) is 0 Å². The summed E-state index contributed by atoms with van der Waals surface area (Å²) >= 11 is 0. The van der Waals surface area contributed by atoms with E-state index in [1.54, 1.807) is 78.6 Å². The van der Waals surface area contributed by atoms with Crippen LogP contribution in [0.1, 0.15) is 17.0 Å². The maximum Gasteiger partial charge on any atom is 0.261 e. The molecule has 0 bridgehead atoms. The van der Waals surface area contributed by atoms with Crippen LogP contribution in [0, 0.1) is 20.8 Å². The highest BCUT2D eigenvalue weighted by Crippen LogP contribution is 2.24. The molecule has 0 saturated heterocycles. The Morgan fingerprint density at radius 1 is 0.935 bits per heavy atom. The van der Waals surface area contributed by atoms with Crippen LogP contribution in [0.4, 0.5) is 5.69 Å². The Morgan fingerprint density at radius 3 is 2.39 bits per heavy atom. The van der Waals surface area contributed by atoms with Crippen molar-refractivity contribution in [2.75, 3.05) is 4.72 Å². The van der Waals surface area contributed by atoms with E-state index < -0.39 is 10.0 Å². The Kier molecular flexibility index (Phi) is 5.43. The van der Waals surface area contributed by atoms with Crippen LogP contribution >= 0.6 is 0 Å². The molecule has 0 aliphatic carbocycles. The highest BCUT2D eigenvalue weighted by Gasteiger charge is 2.15. The number of aryl methyl sites for hydroxylation is 3. The molecule has 0 unspecified atom stereocenters. The zero-order valence-electron chi connectivity index (χ0n) is 17.3. The van der Waals surface area contributed by atoms with E-state index in [9.17, 15) is 8.42 Å². The number of nitrogens with one attached hydrogen (secondary N) is 1. The number of hydrogen-bond acceptors (Lipinski definition) is 6. The maximum absolute atomic E-state index is 12.7. The molecule has 0 spiro atoms. The van der Waals surface area contributed by atoms with Crippen molar-refractivity contribution < 1.29 is 13.2 Å². The van der Waals surface area contributed by atoms with E-state index in [0.717, 1.165) is 11.1 Å². The summed E-state index contributed by atoms with van der Waals surface area (Å²) in [6.07, 6.45) is 3.44. The van der Waals surface area contributed by atoms with E-state index in [0.29, 0.717) is 29.0 Å². The SMILES string of the molecule is Cc1nc(Oc2ccc(NS(=O)(=O)c3ccc(C)c(C)c3)cc2)cc(-n2cccn2)n1. The summed E-state index contributed by atoms with van der Waals surface area (Å²) < 4.78 is 35.4. The van der Waals surface area contributed by atoms with Gasteiger partial charge in [-0.3, -0.25) is 4.72 Å². The van der Waals surface area contributed by atoms with E-state index >= 15 is 0 Å². The first-order valence-electron chi connectivity index (χ1n) is 9.54. The summed E-state index contributed by atoms with van der Waals surface area (Å²) in [5, 5.41) is 4.16. The molecule has 0 fully saturated rings. The number of nitrogens with zero attached hydrogens (tertiary/aromatic N) is 4. The first kappa shape index (κ1) is 20.5. The molecule has 0 amide bonds. The van der Waals surface area contributed by atoms with Gasteiger partial charge in [-0.2, -0.15) is 10.1 Å². The second kappa shape index (κ2) is 8.19. The molecule has 31 heavy (non-hydrogen) atoms. The lowest BCUT2D eigenvalue weighted by atomic mass is 10.1. The quantitative estimate of drug-likeness (QED) is 0.488. The summed E-state index contributed by atoms with van der Waals surface area (Å²) in [7, 11) is -3.68. The molecule has 0 atom stereocenters. The molecule has 0 radical (unpaired) electrons. The summed E-state index contributed by atoms with van der Waals surface area (Å²) in [5.74, 6) is 2.01. The van der Waals surface area contributed by atoms with Crippen LogP contribution in [0.3, 0.4) is 0 Å². The number of ether oxygens (including phenoxy) is 1. The van der Waals surface area contributed by atoms with E-state index in [-0.39, 0.29) is 4.90 Å². The van der Waals surface area contributed by atoms with Crippen LogP contribution in [0.5, 0.6) is 11.6 Å². The molecular weight excluding hydrogens is 414 g/mol. The lowest BCUT2D eigenvalue weighted by Crippen LogP contribution is -2.13. The van der Waals surface area contributed by atoms with Crippen LogP contribution in [0.2, 0.25) is 0 Å². The third-order valence-corrected chi connectivity index (χ3v) is 6.04. The van der Waals surface area contributed by atoms with Gasteiger partial charge in [-0.25, -0.2) is 18.1 Å². The van der Waals surface area contributed by atoms with Crippen molar-refractivity contribution in [1.82, 2.24) is 19.7 Å². The fraction of sp³-hybridized carbons (Fsp3) is 0.136. The minimum Gasteiger partial charge on any atom is -0.439 e. The molecule has 4 rings (SSSR count). The molecular formula is C22H21N5O3S. The Bertz CT molecular complexity index is 1320. The van der Waals surface area contributed by atoms with Crippen LogP contribution in [0.15, 0.2) is 71.9 Å². The first-order valence-corrected chi connectivity index (χ1v) is 11.0. The number of hydrogen-bond donors (Lipinski definition) is 1. The molecule has 8 nitrogen and oxygen atoms in total. The Balaban J connectivity index is 1.50. The van der Waals surface area contributed by atoms with Crippen molar-refractivity contribution >= 4 is 15.7 Å². The summed E-state index contributed by atoms with van der Waals surface area (Å²) in [6.45, 7) is 5.59. The summed E-state index contributed by atoms with van der Waals surface area (Å²) in [4.78, 5) is 8.86. The second-order valence-electron chi connectivity index (χ2n) is 7.04. The van der Waals surface area contributed by atoms with Crippen molar-refractivity contribution in [2.24, 2.45) is 0 Å². The van der Waals surface area contributed by atoms with Crippen LogP contribution < -0.4 is 9.46 Å². The zero-order valence-corrected chi connectivity index (χ0v) is 18.1. The van der Waals surface area contributed by atoms with Gasteiger partial charge >= 0.3 is 0 Å². The predicted molar refractivity (Wildman–Crippen MR) is 117 cm³/mol. The second-order valence-corrected chi connectivity index (χ2v) is 8.72. The van der Waals surface area contributed by atoms with E-state index in [1.807, 2.05) is 13.8 Å². The number of sulfonamides is 1. The molecule has 2 heterocycles. The first-order chi connectivity index (χ1) is 14.8. The molecule has 2 aromatic carbocycles. The maximum atomic E-state index is 12.7. The van der Waals surface area contributed by atoms with Gasteiger partial charge < -0.3 is 4.74 Å². The molecule has 0 saturated carbocycles. The number of benzene rings is 2. The molecule has 9 heteroatoms. The minimum absolute atomic E-state index is 0.221. The normalized spacial score (nSPS) is 11.3. The molecule has 1 N–H and O–H groups in total. The van der Waals surface area contributed by atoms with Crippen LogP contribution in [0.25, 0.3) is 5.82 Å². The highest BCUT2D eigenvalue weighted by atomic mass is 32.2. The van der Waals surface area contributed by atoms with E-state index in [2.05, 4.69) is 19.8 Å². The highest BCUT2D eigenvalue weighted by molar-refractivity contribution is 7.92. The van der Waals surface area contributed by atoms with Gasteiger partial charge in [-0.05, 0) is 74.4 Å². The lowest BCUT2D eigenvalue weighted by molar-refractivity contribution is 0.459. The van der Waals surface area contributed by atoms with E-state index in [4.69, 9.17) is 4.74 Å². The van der Waals surface area contributed by atoms with Crippen LogP contribution in [-0.4, -0.2) is 28.2 Å². The van der Waals surface area contributed by atoms with Crippen molar-refractivity contribution in [3.8, 4) is 17.4 Å². The summed E-state index contributed by atoms with van der Waals surface area (Å²) in [6, 6.07) is 15.1. The topological polar surface area (TPSA) is 99.0 Å². The smallest absolute Gasteiger partial charge is 0.261 e. The van der Waals surface area contributed by atoms with Gasteiger partial charge in [0.25, 0.3) is 10.0 Å². The standard InChI is InChI=1S/C22H21N5O3S/c1-15-5-10-20(13-16(15)2)31(28,29)26-18-6-8-19(9-7-18)30-22-14-21(24-17(3)25-22)27-12-4-11-23-27/h4-14,26H,1-3H3. The number of aromatic nitrogens is 4. The predicted octanol–water partition coefficient (Wildman–Crippen LogP) is 4.18. The molecule has 0 aliphatic rings. The number of anilines is 1. The van der Waals surface area contributed by atoms with Gasteiger partial charge in [0.1, 0.15) is 11.6 Å². The molecule has 0 aliphatic heterocycles. The zero-order chi connectivity index (χ0) is 22.0.